The van der Waals surface area contributed by atoms with Crippen LogP contribution in [-0.4, -0.2) is 40.7 Å². The molecule has 0 bridgehead atoms. The summed E-state index contributed by atoms with van der Waals surface area (Å²) in [5, 5.41) is 19.1. The standard InChI is InChI=1S/C10H22BNO2/c1-3-4-6-10(9-13)7-5-8-12(10)11(2)14/h13-14H,3-9H2,1-2H3. The third kappa shape index (κ3) is 2.30. The molecular weight excluding hydrogens is 177 g/mol. The van der Waals surface area contributed by atoms with Gasteiger partial charge in [-0.2, -0.15) is 0 Å². The minimum atomic E-state index is -0.429. The molecule has 1 fully saturated rings. The lowest BCUT2D eigenvalue weighted by Crippen LogP contribution is -2.53. The molecule has 0 aromatic rings. The quantitative estimate of drug-likeness (QED) is 0.652. The number of unbranched alkanes of at least 4 members (excludes halogenated alkanes) is 1. The van der Waals surface area contributed by atoms with Crippen molar-refractivity contribution < 1.29 is 10.1 Å². The molecule has 1 rings (SSSR count). The van der Waals surface area contributed by atoms with Gasteiger partial charge in [0.05, 0.1) is 6.61 Å². The van der Waals surface area contributed by atoms with Gasteiger partial charge in [0, 0.05) is 5.54 Å². The molecule has 2 N–H and O–H groups in total. The van der Waals surface area contributed by atoms with Gasteiger partial charge in [-0.3, -0.25) is 0 Å². The fourth-order valence-electron chi connectivity index (χ4n) is 2.57. The smallest absolute Gasteiger partial charge is 0.376 e. The Morgan fingerprint density at radius 2 is 2.21 bits per heavy atom. The van der Waals surface area contributed by atoms with Gasteiger partial charge in [0.2, 0.25) is 0 Å². The van der Waals surface area contributed by atoms with Crippen LogP contribution in [0.4, 0.5) is 0 Å². The molecular formula is C10H22BNO2. The summed E-state index contributed by atoms with van der Waals surface area (Å²) >= 11 is 0. The van der Waals surface area contributed by atoms with Gasteiger partial charge in [-0.1, -0.05) is 19.8 Å². The highest BCUT2D eigenvalue weighted by Crippen LogP contribution is 2.33. The van der Waals surface area contributed by atoms with E-state index in [9.17, 15) is 10.1 Å². The van der Waals surface area contributed by atoms with Crippen LogP contribution in [0, 0.1) is 0 Å². The molecule has 0 aromatic carbocycles. The Kier molecular flexibility index (Phi) is 4.42. The molecule has 3 nitrogen and oxygen atoms in total. The highest BCUT2D eigenvalue weighted by Gasteiger charge is 2.42. The molecule has 0 saturated carbocycles. The zero-order valence-corrected chi connectivity index (χ0v) is 9.37. The highest BCUT2D eigenvalue weighted by molar-refractivity contribution is 6.45. The van der Waals surface area contributed by atoms with E-state index in [4.69, 9.17) is 0 Å². The lowest BCUT2D eigenvalue weighted by atomic mass is 9.77. The summed E-state index contributed by atoms with van der Waals surface area (Å²) in [6.45, 7) is 5.05. The zero-order valence-electron chi connectivity index (χ0n) is 9.37. The predicted octanol–water partition coefficient (Wildman–Crippen LogP) is 1.11. The largest absolute Gasteiger partial charge is 0.437 e. The first kappa shape index (κ1) is 12.0. The number of hydrogen-bond donors (Lipinski definition) is 2. The minimum Gasteiger partial charge on any atom is -0.437 e. The van der Waals surface area contributed by atoms with E-state index in [1.807, 2.05) is 0 Å². The summed E-state index contributed by atoms with van der Waals surface area (Å²) in [4.78, 5) is 2.06. The SMILES string of the molecule is CCCCC1(CO)CCCN1B(C)O. The van der Waals surface area contributed by atoms with Gasteiger partial charge in [0.25, 0.3) is 0 Å². The van der Waals surface area contributed by atoms with Gasteiger partial charge < -0.3 is 14.9 Å². The molecule has 4 heteroatoms. The second kappa shape index (κ2) is 5.15. The summed E-state index contributed by atoms with van der Waals surface area (Å²) in [6, 6.07) is 0. The van der Waals surface area contributed by atoms with Crippen LogP contribution in [0.15, 0.2) is 0 Å². The van der Waals surface area contributed by atoms with Crippen molar-refractivity contribution in [1.82, 2.24) is 4.81 Å². The van der Waals surface area contributed by atoms with Crippen molar-refractivity contribution in [2.24, 2.45) is 0 Å². The fourth-order valence-corrected chi connectivity index (χ4v) is 2.57. The van der Waals surface area contributed by atoms with Crippen molar-refractivity contribution in [2.75, 3.05) is 13.2 Å². The van der Waals surface area contributed by atoms with E-state index in [-0.39, 0.29) is 12.1 Å². The van der Waals surface area contributed by atoms with E-state index in [2.05, 4.69) is 11.7 Å². The highest BCUT2D eigenvalue weighted by atomic mass is 16.3. The molecule has 0 spiro atoms. The Morgan fingerprint density at radius 1 is 1.50 bits per heavy atom. The van der Waals surface area contributed by atoms with Crippen LogP contribution < -0.4 is 0 Å². The third-order valence-corrected chi connectivity index (χ3v) is 3.39. The zero-order chi connectivity index (χ0) is 10.6. The van der Waals surface area contributed by atoms with E-state index >= 15 is 0 Å². The average Bonchev–Trinajstić information content (AvgIpc) is 2.59. The molecule has 0 aliphatic carbocycles. The van der Waals surface area contributed by atoms with E-state index in [0.29, 0.717) is 0 Å². The molecule has 82 valence electrons. The number of nitrogens with zero attached hydrogens (tertiary/aromatic N) is 1. The molecule has 0 aromatic heterocycles. The van der Waals surface area contributed by atoms with Gasteiger partial charge in [-0.05, 0) is 32.6 Å². The van der Waals surface area contributed by atoms with Crippen LogP contribution in [0.25, 0.3) is 0 Å². The maximum Gasteiger partial charge on any atom is 0.376 e. The molecule has 1 aliphatic rings. The molecule has 1 saturated heterocycles. The predicted molar refractivity (Wildman–Crippen MR) is 59.1 cm³/mol. The van der Waals surface area contributed by atoms with Gasteiger partial charge in [0.1, 0.15) is 0 Å². The van der Waals surface area contributed by atoms with E-state index in [1.165, 1.54) is 0 Å². The van der Waals surface area contributed by atoms with Crippen molar-refractivity contribution in [3.05, 3.63) is 0 Å². The molecule has 1 unspecified atom stereocenters. The van der Waals surface area contributed by atoms with Gasteiger partial charge in [-0.25, -0.2) is 0 Å². The monoisotopic (exact) mass is 199 g/mol. The normalized spacial score (nSPS) is 28.3. The van der Waals surface area contributed by atoms with Crippen LogP contribution in [0.5, 0.6) is 0 Å². The first-order valence-electron chi connectivity index (χ1n) is 5.72. The minimum absolute atomic E-state index is 0.135. The summed E-state index contributed by atoms with van der Waals surface area (Å²) in [7, 11) is -0.429. The number of aliphatic hydroxyl groups excluding tert-OH is 1. The second-order valence-electron chi connectivity index (χ2n) is 4.41. The van der Waals surface area contributed by atoms with Crippen LogP contribution in [0.3, 0.4) is 0 Å². The topological polar surface area (TPSA) is 43.7 Å². The molecule has 1 heterocycles. The van der Waals surface area contributed by atoms with Crippen molar-refractivity contribution >= 4 is 7.05 Å². The number of hydrogen-bond acceptors (Lipinski definition) is 3. The fraction of sp³-hybridized carbons (Fsp3) is 1.00. The molecule has 14 heavy (non-hydrogen) atoms. The Labute approximate surface area is 87.2 Å². The van der Waals surface area contributed by atoms with Crippen molar-refractivity contribution in [3.63, 3.8) is 0 Å². The van der Waals surface area contributed by atoms with Crippen molar-refractivity contribution in [1.29, 1.82) is 0 Å². The van der Waals surface area contributed by atoms with Crippen LogP contribution in [-0.2, 0) is 0 Å². The van der Waals surface area contributed by atoms with Crippen LogP contribution >= 0.6 is 0 Å². The summed E-state index contributed by atoms with van der Waals surface area (Å²) in [5.41, 5.74) is -0.135. The Balaban J connectivity index is 2.64. The van der Waals surface area contributed by atoms with Gasteiger partial charge in [-0.15, -0.1) is 0 Å². The van der Waals surface area contributed by atoms with Gasteiger partial charge in [0.15, 0.2) is 0 Å². The first-order chi connectivity index (χ1) is 6.66. The third-order valence-electron chi connectivity index (χ3n) is 3.39. The summed E-state index contributed by atoms with van der Waals surface area (Å²) in [6.07, 6.45) is 5.40. The van der Waals surface area contributed by atoms with Crippen molar-refractivity contribution in [2.45, 2.75) is 51.4 Å². The average molecular weight is 199 g/mol. The Hall–Kier alpha value is -0.0551. The van der Waals surface area contributed by atoms with E-state index < -0.39 is 7.05 Å². The van der Waals surface area contributed by atoms with Crippen molar-refractivity contribution in [3.8, 4) is 0 Å². The number of aliphatic hydroxyl groups is 1. The van der Waals surface area contributed by atoms with Crippen LogP contribution in [0.2, 0.25) is 6.82 Å². The molecule has 1 aliphatic heterocycles. The van der Waals surface area contributed by atoms with E-state index in [1.54, 1.807) is 6.82 Å². The Bertz CT molecular complexity index is 178. The lowest BCUT2D eigenvalue weighted by molar-refractivity contribution is 0.0979. The number of rotatable bonds is 5. The molecule has 1 atom stereocenters. The summed E-state index contributed by atoms with van der Waals surface area (Å²) < 4.78 is 0. The van der Waals surface area contributed by atoms with E-state index in [0.717, 1.165) is 38.6 Å². The summed E-state index contributed by atoms with van der Waals surface area (Å²) in [5.74, 6) is 0. The Morgan fingerprint density at radius 3 is 2.71 bits per heavy atom. The maximum absolute atomic E-state index is 9.63. The molecule has 0 radical (unpaired) electrons. The first-order valence-corrected chi connectivity index (χ1v) is 5.72. The van der Waals surface area contributed by atoms with Crippen LogP contribution in [0.1, 0.15) is 39.0 Å². The van der Waals surface area contributed by atoms with Gasteiger partial charge >= 0.3 is 7.05 Å². The second-order valence-corrected chi connectivity index (χ2v) is 4.41. The lowest BCUT2D eigenvalue weighted by Gasteiger charge is -2.38. The maximum atomic E-state index is 9.63. The molecule has 0 amide bonds.